The molecule has 1 heterocycles. The van der Waals surface area contributed by atoms with Crippen LogP contribution in [0.3, 0.4) is 0 Å². The Morgan fingerprint density at radius 1 is 1.47 bits per heavy atom. The Balaban J connectivity index is 2.73. The molecule has 1 aliphatic heterocycles. The third-order valence-corrected chi connectivity index (χ3v) is 3.29. The summed E-state index contributed by atoms with van der Waals surface area (Å²) in [6.07, 6.45) is 3.55. The Kier molecular flexibility index (Phi) is 5.92. The molecule has 1 fully saturated rings. The van der Waals surface area contributed by atoms with E-state index in [-0.39, 0.29) is 12.1 Å². The molecule has 0 bridgehead atoms. The maximum atomic E-state index is 12.1. The SMILES string of the molecule is CCCNC1(C(=O)OCC)CCOC(CC)C1. The Labute approximate surface area is 104 Å². The van der Waals surface area contributed by atoms with Crippen LogP contribution in [0.2, 0.25) is 0 Å². The van der Waals surface area contributed by atoms with Gasteiger partial charge >= 0.3 is 5.97 Å². The van der Waals surface area contributed by atoms with Crippen LogP contribution in [0.25, 0.3) is 0 Å². The smallest absolute Gasteiger partial charge is 0.326 e. The van der Waals surface area contributed by atoms with Gasteiger partial charge in [-0.3, -0.25) is 4.79 Å². The average Bonchev–Trinajstić information content (AvgIpc) is 2.37. The molecule has 0 spiro atoms. The van der Waals surface area contributed by atoms with Crippen molar-refractivity contribution in [2.75, 3.05) is 19.8 Å². The highest BCUT2D eigenvalue weighted by Crippen LogP contribution is 2.28. The molecular weight excluding hydrogens is 218 g/mol. The zero-order valence-corrected chi connectivity index (χ0v) is 11.3. The van der Waals surface area contributed by atoms with Crippen molar-refractivity contribution >= 4 is 5.97 Å². The summed E-state index contributed by atoms with van der Waals surface area (Å²) in [7, 11) is 0. The van der Waals surface area contributed by atoms with Crippen LogP contribution in [-0.4, -0.2) is 37.4 Å². The van der Waals surface area contributed by atoms with E-state index in [9.17, 15) is 4.79 Å². The molecule has 0 aromatic heterocycles. The van der Waals surface area contributed by atoms with Crippen LogP contribution in [0.15, 0.2) is 0 Å². The average molecular weight is 243 g/mol. The zero-order valence-electron chi connectivity index (χ0n) is 11.3. The van der Waals surface area contributed by atoms with E-state index >= 15 is 0 Å². The van der Waals surface area contributed by atoms with Crippen LogP contribution in [0.4, 0.5) is 0 Å². The minimum absolute atomic E-state index is 0.116. The normalized spacial score (nSPS) is 29.0. The minimum atomic E-state index is -0.523. The molecular formula is C13H25NO3. The van der Waals surface area contributed by atoms with Gasteiger partial charge < -0.3 is 14.8 Å². The maximum absolute atomic E-state index is 12.1. The summed E-state index contributed by atoms with van der Waals surface area (Å²) in [5.74, 6) is -0.116. The van der Waals surface area contributed by atoms with E-state index in [1.54, 1.807) is 0 Å². The topological polar surface area (TPSA) is 47.6 Å². The van der Waals surface area contributed by atoms with Crippen LogP contribution in [0.1, 0.15) is 46.5 Å². The number of ether oxygens (including phenoxy) is 2. The van der Waals surface area contributed by atoms with Gasteiger partial charge in [-0.25, -0.2) is 0 Å². The number of rotatable bonds is 6. The van der Waals surface area contributed by atoms with Crippen molar-refractivity contribution in [3.8, 4) is 0 Å². The monoisotopic (exact) mass is 243 g/mol. The number of esters is 1. The summed E-state index contributed by atoms with van der Waals surface area (Å²) in [6, 6.07) is 0. The van der Waals surface area contributed by atoms with Gasteiger partial charge in [0.2, 0.25) is 0 Å². The molecule has 0 aromatic carbocycles. The molecule has 4 nitrogen and oxygen atoms in total. The van der Waals surface area contributed by atoms with Crippen molar-refractivity contribution in [1.29, 1.82) is 0 Å². The molecule has 0 amide bonds. The molecule has 4 heteroatoms. The van der Waals surface area contributed by atoms with Crippen LogP contribution < -0.4 is 5.32 Å². The number of hydrogen-bond donors (Lipinski definition) is 1. The van der Waals surface area contributed by atoms with Gasteiger partial charge in [0.1, 0.15) is 5.54 Å². The first-order valence-electron chi connectivity index (χ1n) is 6.72. The van der Waals surface area contributed by atoms with Crippen LogP contribution in [0.5, 0.6) is 0 Å². The Bertz CT molecular complexity index is 245. The van der Waals surface area contributed by atoms with Gasteiger partial charge in [-0.1, -0.05) is 13.8 Å². The summed E-state index contributed by atoms with van der Waals surface area (Å²) in [5.41, 5.74) is -0.523. The van der Waals surface area contributed by atoms with E-state index in [0.29, 0.717) is 19.6 Å². The van der Waals surface area contributed by atoms with E-state index in [2.05, 4.69) is 19.2 Å². The zero-order chi connectivity index (χ0) is 12.7. The quantitative estimate of drug-likeness (QED) is 0.724. The van der Waals surface area contributed by atoms with Gasteiger partial charge in [0.15, 0.2) is 0 Å². The fourth-order valence-corrected chi connectivity index (χ4v) is 2.26. The lowest BCUT2D eigenvalue weighted by Gasteiger charge is -2.39. The van der Waals surface area contributed by atoms with Crippen molar-refractivity contribution in [3.05, 3.63) is 0 Å². The van der Waals surface area contributed by atoms with Crippen LogP contribution >= 0.6 is 0 Å². The van der Waals surface area contributed by atoms with Crippen molar-refractivity contribution in [1.82, 2.24) is 5.32 Å². The molecule has 100 valence electrons. The van der Waals surface area contributed by atoms with E-state index in [1.165, 1.54) is 0 Å². The first-order valence-corrected chi connectivity index (χ1v) is 6.72. The Morgan fingerprint density at radius 3 is 2.82 bits per heavy atom. The van der Waals surface area contributed by atoms with Crippen LogP contribution in [0, 0.1) is 0 Å². The second-order valence-electron chi connectivity index (χ2n) is 4.58. The van der Waals surface area contributed by atoms with Gasteiger partial charge in [0.25, 0.3) is 0 Å². The Hall–Kier alpha value is -0.610. The number of hydrogen-bond acceptors (Lipinski definition) is 4. The summed E-state index contributed by atoms with van der Waals surface area (Å²) in [4.78, 5) is 12.1. The van der Waals surface area contributed by atoms with E-state index in [4.69, 9.17) is 9.47 Å². The molecule has 0 aliphatic carbocycles. The van der Waals surface area contributed by atoms with Gasteiger partial charge in [-0.05, 0) is 32.7 Å². The van der Waals surface area contributed by atoms with Crippen molar-refractivity contribution in [2.24, 2.45) is 0 Å². The lowest BCUT2D eigenvalue weighted by Crippen LogP contribution is -2.58. The summed E-state index contributed by atoms with van der Waals surface area (Å²) in [5, 5.41) is 3.38. The summed E-state index contributed by atoms with van der Waals surface area (Å²) in [6.45, 7) is 7.95. The third-order valence-electron chi connectivity index (χ3n) is 3.29. The van der Waals surface area contributed by atoms with Crippen LogP contribution in [-0.2, 0) is 14.3 Å². The van der Waals surface area contributed by atoms with E-state index < -0.39 is 5.54 Å². The molecule has 17 heavy (non-hydrogen) atoms. The molecule has 0 saturated carbocycles. The minimum Gasteiger partial charge on any atom is -0.465 e. The second kappa shape index (κ2) is 6.97. The predicted octanol–water partition coefficient (Wildman–Crippen LogP) is 1.88. The highest BCUT2D eigenvalue weighted by molar-refractivity contribution is 5.81. The number of nitrogens with one attached hydrogen (secondary N) is 1. The molecule has 0 aromatic rings. The van der Waals surface area contributed by atoms with Gasteiger partial charge in [0.05, 0.1) is 12.7 Å². The predicted molar refractivity (Wildman–Crippen MR) is 66.9 cm³/mol. The van der Waals surface area contributed by atoms with Crippen molar-refractivity contribution in [3.63, 3.8) is 0 Å². The number of carbonyl (C=O) groups is 1. The van der Waals surface area contributed by atoms with Gasteiger partial charge in [-0.15, -0.1) is 0 Å². The lowest BCUT2D eigenvalue weighted by molar-refractivity contribution is -0.158. The fraction of sp³-hybridized carbons (Fsp3) is 0.923. The molecule has 2 atom stereocenters. The van der Waals surface area contributed by atoms with Crippen molar-refractivity contribution < 1.29 is 14.3 Å². The summed E-state index contributed by atoms with van der Waals surface area (Å²) >= 11 is 0. The fourth-order valence-electron chi connectivity index (χ4n) is 2.26. The molecule has 1 saturated heterocycles. The largest absolute Gasteiger partial charge is 0.465 e. The number of carbonyl (C=O) groups excluding carboxylic acids is 1. The van der Waals surface area contributed by atoms with E-state index in [0.717, 1.165) is 25.8 Å². The summed E-state index contributed by atoms with van der Waals surface area (Å²) < 4.78 is 10.9. The van der Waals surface area contributed by atoms with Gasteiger partial charge in [-0.2, -0.15) is 0 Å². The molecule has 1 rings (SSSR count). The molecule has 1 aliphatic rings. The molecule has 1 N–H and O–H groups in total. The first-order chi connectivity index (χ1) is 8.18. The standard InChI is InChI=1S/C13H25NO3/c1-4-8-14-13(12(15)16-6-3)7-9-17-11(5-2)10-13/h11,14H,4-10H2,1-3H3. The maximum Gasteiger partial charge on any atom is 0.326 e. The molecule has 2 unspecified atom stereocenters. The first kappa shape index (κ1) is 14.5. The highest BCUT2D eigenvalue weighted by atomic mass is 16.5. The second-order valence-corrected chi connectivity index (χ2v) is 4.58. The molecule has 0 radical (unpaired) electrons. The van der Waals surface area contributed by atoms with E-state index in [1.807, 2.05) is 6.92 Å². The van der Waals surface area contributed by atoms with Crippen molar-refractivity contribution in [2.45, 2.75) is 58.1 Å². The Morgan fingerprint density at radius 2 is 2.24 bits per heavy atom. The third kappa shape index (κ3) is 3.68. The highest BCUT2D eigenvalue weighted by Gasteiger charge is 2.43. The van der Waals surface area contributed by atoms with Gasteiger partial charge in [0, 0.05) is 13.0 Å². The lowest BCUT2D eigenvalue weighted by atomic mass is 9.85.